The Morgan fingerprint density at radius 1 is 1.25 bits per heavy atom. The van der Waals surface area contributed by atoms with Crippen LogP contribution in [0.5, 0.6) is 0 Å². The normalized spacial score (nSPS) is 13.1. The standard InChI is InChI=1S/C8H8F3N/c1-4(12)6-2-5(9)3-7(10)8(6)11/h2-4H,12H2,1H3. The number of halogens is 3. The maximum atomic E-state index is 12.8. The SMILES string of the molecule is CC(N)c1cc(F)cc(F)c1F. The summed E-state index contributed by atoms with van der Waals surface area (Å²) in [6.45, 7) is 1.46. The Kier molecular flexibility index (Phi) is 2.38. The second kappa shape index (κ2) is 3.15. The first-order valence-corrected chi connectivity index (χ1v) is 3.42. The lowest BCUT2D eigenvalue weighted by atomic mass is 10.1. The minimum absolute atomic E-state index is 0.146. The molecule has 0 saturated heterocycles. The van der Waals surface area contributed by atoms with E-state index in [4.69, 9.17) is 5.73 Å². The molecular formula is C8H8F3N. The molecule has 0 aromatic heterocycles. The molecule has 0 heterocycles. The zero-order valence-corrected chi connectivity index (χ0v) is 6.44. The number of hydrogen-bond donors (Lipinski definition) is 1. The minimum Gasteiger partial charge on any atom is -0.324 e. The van der Waals surface area contributed by atoms with Gasteiger partial charge in [0, 0.05) is 17.7 Å². The van der Waals surface area contributed by atoms with Gasteiger partial charge in [0.1, 0.15) is 5.82 Å². The molecule has 0 radical (unpaired) electrons. The van der Waals surface area contributed by atoms with Crippen molar-refractivity contribution in [3.05, 3.63) is 35.1 Å². The molecule has 0 aliphatic rings. The lowest BCUT2D eigenvalue weighted by molar-refractivity contribution is 0.478. The lowest BCUT2D eigenvalue weighted by Gasteiger charge is -2.07. The van der Waals surface area contributed by atoms with Crippen molar-refractivity contribution in [2.24, 2.45) is 5.73 Å². The van der Waals surface area contributed by atoms with Crippen LogP contribution in [0.25, 0.3) is 0 Å². The fourth-order valence-corrected chi connectivity index (χ4v) is 0.907. The van der Waals surface area contributed by atoms with Crippen LogP contribution in [0.15, 0.2) is 12.1 Å². The van der Waals surface area contributed by atoms with E-state index in [9.17, 15) is 13.2 Å². The Labute approximate surface area is 68.0 Å². The van der Waals surface area contributed by atoms with Gasteiger partial charge in [-0.2, -0.15) is 0 Å². The van der Waals surface area contributed by atoms with Crippen LogP contribution in [0.2, 0.25) is 0 Å². The fourth-order valence-electron chi connectivity index (χ4n) is 0.907. The van der Waals surface area contributed by atoms with E-state index in [1.807, 2.05) is 0 Å². The summed E-state index contributed by atoms with van der Waals surface area (Å²) < 4.78 is 37.8. The van der Waals surface area contributed by atoms with Crippen molar-refractivity contribution in [3.8, 4) is 0 Å². The molecule has 0 bridgehead atoms. The summed E-state index contributed by atoms with van der Waals surface area (Å²) in [5, 5.41) is 0. The molecule has 4 heteroatoms. The van der Waals surface area contributed by atoms with Gasteiger partial charge in [-0.3, -0.25) is 0 Å². The van der Waals surface area contributed by atoms with Crippen molar-refractivity contribution in [2.45, 2.75) is 13.0 Å². The first-order valence-electron chi connectivity index (χ1n) is 3.42. The molecule has 66 valence electrons. The molecule has 1 aromatic rings. The predicted octanol–water partition coefficient (Wildman–Crippen LogP) is 2.12. The van der Waals surface area contributed by atoms with Gasteiger partial charge in [-0.1, -0.05) is 0 Å². The molecule has 0 saturated carbocycles. The summed E-state index contributed by atoms with van der Waals surface area (Å²) in [5.74, 6) is -3.10. The molecule has 0 aliphatic heterocycles. The number of rotatable bonds is 1. The Morgan fingerprint density at radius 2 is 1.83 bits per heavy atom. The van der Waals surface area contributed by atoms with Crippen molar-refractivity contribution < 1.29 is 13.2 Å². The van der Waals surface area contributed by atoms with E-state index >= 15 is 0 Å². The van der Waals surface area contributed by atoms with Crippen LogP contribution >= 0.6 is 0 Å². The predicted molar refractivity (Wildman–Crippen MR) is 38.9 cm³/mol. The molecule has 1 nitrogen and oxygen atoms in total. The van der Waals surface area contributed by atoms with E-state index in [0.717, 1.165) is 6.07 Å². The van der Waals surface area contributed by atoms with E-state index < -0.39 is 23.5 Å². The molecule has 1 rings (SSSR count). The van der Waals surface area contributed by atoms with Crippen molar-refractivity contribution in [2.75, 3.05) is 0 Å². The van der Waals surface area contributed by atoms with Crippen molar-refractivity contribution in [1.82, 2.24) is 0 Å². The maximum absolute atomic E-state index is 12.8. The van der Waals surface area contributed by atoms with Crippen LogP contribution in [-0.2, 0) is 0 Å². The summed E-state index contributed by atoms with van der Waals surface area (Å²) in [6, 6.07) is 0.666. The number of nitrogens with two attached hydrogens (primary N) is 1. The van der Waals surface area contributed by atoms with Crippen LogP contribution < -0.4 is 5.73 Å². The summed E-state index contributed by atoms with van der Waals surface area (Å²) in [7, 11) is 0. The molecule has 2 N–H and O–H groups in total. The third kappa shape index (κ3) is 1.58. The maximum Gasteiger partial charge on any atom is 0.163 e. The molecule has 0 fully saturated rings. The highest BCUT2D eigenvalue weighted by atomic mass is 19.2. The highest BCUT2D eigenvalue weighted by Gasteiger charge is 2.13. The van der Waals surface area contributed by atoms with Crippen LogP contribution in [0.1, 0.15) is 18.5 Å². The van der Waals surface area contributed by atoms with Crippen LogP contribution in [0, 0.1) is 17.5 Å². The molecule has 1 unspecified atom stereocenters. The van der Waals surface area contributed by atoms with Gasteiger partial charge in [0.25, 0.3) is 0 Å². The smallest absolute Gasteiger partial charge is 0.163 e. The Morgan fingerprint density at radius 3 is 2.33 bits per heavy atom. The van der Waals surface area contributed by atoms with Crippen molar-refractivity contribution in [3.63, 3.8) is 0 Å². The van der Waals surface area contributed by atoms with E-state index in [2.05, 4.69) is 0 Å². The lowest BCUT2D eigenvalue weighted by Crippen LogP contribution is -2.09. The monoisotopic (exact) mass is 175 g/mol. The van der Waals surface area contributed by atoms with Gasteiger partial charge in [-0.25, -0.2) is 13.2 Å². The molecule has 1 aromatic carbocycles. The first-order chi connectivity index (χ1) is 5.52. The molecule has 0 spiro atoms. The minimum atomic E-state index is -1.21. The number of hydrogen-bond acceptors (Lipinski definition) is 1. The highest BCUT2D eigenvalue weighted by Crippen LogP contribution is 2.18. The molecule has 0 amide bonds. The second-order valence-electron chi connectivity index (χ2n) is 2.58. The molecular weight excluding hydrogens is 167 g/mol. The van der Waals surface area contributed by atoms with Gasteiger partial charge in [-0.05, 0) is 13.0 Å². The summed E-state index contributed by atoms with van der Waals surface area (Å²) >= 11 is 0. The van der Waals surface area contributed by atoms with Gasteiger partial charge in [0.2, 0.25) is 0 Å². The fraction of sp³-hybridized carbons (Fsp3) is 0.250. The van der Waals surface area contributed by atoms with Gasteiger partial charge in [0.05, 0.1) is 0 Å². The third-order valence-corrected chi connectivity index (χ3v) is 1.51. The van der Waals surface area contributed by atoms with Gasteiger partial charge in [-0.15, -0.1) is 0 Å². The zero-order valence-electron chi connectivity index (χ0n) is 6.44. The topological polar surface area (TPSA) is 26.0 Å². The van der Waals surface area contributed by atoms with E-state index in [-0.39, 0.29) is 5.56 Å². The largest absolute Gasteiger partial charge is 0.324 e. The van der Waals surface area contributed by atoms with E-state index in [1.165, 1.54) is 6.92 Å². The zero-order chi connectivity index (χ0) is 9.30. The Hall–Kier alpha value is -1.03. The van der Waals surface area contributed by atoms with Gasteiger partial charge in [0.15, 0.2) is 11.6 Å². The Balaban J connectivity index is 3.28. The summed E-state index contributed by atoms with van der Waals surface area (Å²) in [6.07, 6.45) is 0. The molecule has 0 aliphatic carbocycles. The van der Waals surface area contributed by atoms with Gasteiger partial charge < -0.3 is 5.73 Å². The highest BCUT2D eigenvalue weighted by molar-refractivity contribution is 5.22. The van der Waals surface area contributed by atoms with Crippen LogP contribution in [-0.4, -0.2) is 0 Å². The summed E-state index contributed by atoms with van der Waals surface area (Å²) in [5.41, 5.74) is 5.13. The molecule has 12 heavy (non-hydrogen) atoms. The molecule has 1 atom stereocenters. The average Bonchev–Trinajstić information content (AvgIpc) is 1.96. The average molecular weight is 175 g/mol. The Bertz CT molecular complexity index is 297. The first kappa shape index (κ1) is 9.06. The van der Waals surface area contributed by atoms with Crippen molar-refractivity contribution >= 4 is 0 Å². The van der Waals surface area contributed by atoms with E-state index in [1.54, 1.807) is 0 Å². The van der Waals surface area contributed by atoms with Crippen molar-refractivity contribution in [1.29, 1.82) is 0 Å². The van der Waals surface area contributed by atoms with E-state index in [0.29, 0.717) is 6.07 Å². The van der Waals surface area contributed by atoms with Crippen LogP contribution in [0.4, 0.5) is 13.2 Å². The van der Waals surface area contributed by atoms with Gasteiger partial charge >= 0.3 is 0 Å². The third-order valence-electron chi connectivity index (χ3n) is 1.51. The van der Waals surface area contributed by atoms with Crippen LogP contribution in [0.3, 0.4) is 0 Å². The quantitative estimate of drug-likeness (QED) is 0.650. The number of benzene rings is 1. The second-order valence-corrected chi connectivity index (χ2v) is 2.58. The summed E-state index contributed by atoms with van der Waals surface area (Å²) in [4.78, 5) is 0.